The van der Waals surface area contributed by atoms with Crippen LogP contribution in [0.4, 0.5) is 10.1 Å². The topological polar surface area (TPSA) is 69.6 Å². The van der Waals surface area contributed by atoms with E-state index < -0.39 is 23.9 Å². The maximum absolute atomic E-state index is 13.5. The van der Waals surface area contributed by atoms with Crippen molar-refractivity contribution in [1.82, 2.24) is 5.32 Å². The SMILES string of the molecule is O=C(NC1CCN(c2ccc(Cl)c(F)c2)C1=O)C1CCCC1O. The zero-order chi connectivity index (χ0) is 16.6. The summed E-state index contributed by atoms with van der Waals surface area (Å²) in [6, 6.07) is 3.56. The Morgan fingerprint density at radius 1 is 1.35 bits per heavy atom. The largest absolute Gasteiger partial charge is 0.392 e. The lowest BCUT2D eigenvalue weighted by Crippen LogP contribution is -2.45. The first kappa shape index (κ1) is 16.2. The van der Waals surface area contributed by atoms with Crippen LogP contribution in [-0.4, -0.2) is 35.6 Å². The van der Waals surface area contributed by atoms with Crippen molar-refractivity contribution in [3.8, 4) is 0 Å². The fourth-order valence-electron chi connectivity index (χ4n) is 3.25. The number of nitrogens with zero attached hydrogens (tertiary/aromatic N) is 1. The van der Waals surface area contributed by atoms with Gasteiger partial charge in [0, 0.05) is 12.2 Å². The predicted octanol–water partition coefficient (Wildman–Crippen LogP) is 1.86. The first-order valence-electron chi connectivity index (χ1n) is 7.72. The second kappa shape index (κ2) is 6.45. The Hall–Kier alpha value is -1.66. The summed E-state index contributed by atoms with van der Waals surface area (Å²) >= 11 is 5.65. The summed E-state index contributed by atoms with van der Waals surface area (Å²) in [5.74, 6) is -1.58. The molecule has 1 aromatic carbocycles. The van der Waals surface area contributed by atoms with E-state index >= 15 is 0 Å². The van der Waals surface area contributed by atoms with Crippen molar-refractivity contribution in [2.75, 3.05) is 11.4 Å². The van der Waals surface area contributed by atoms with Crippen LogP contribution >= 0.6 is 11.6 Å². The Kier molecular flexibility index (Phi) is 4.55. The highest BCUT2D eigenvalue weighted by Gasteiger charge is 2.37. The minimum Gasteiger partial charge on any atom is -0.392 e. The summed E-state index contributed by atoms with van der Waals surface area (Å²) in [6.07, 6.45) is 1.89. The fourth-order valence-corrected chi connectivity index (χ4v) is 3.37. The molecule has 2 aliphatic rings. The number of hydrogen-bond donors (Lipinski definition) is 2. The molecule has 1 saturated heterocycles. The zero-order valence-corrected chi connectivity index (χ0v) is 13.2. The number of halogens is 2. The van der Waals surface area contributed by atoms with Crippen molar-refractivity contribution in [2.24, 2.45) is 5.92 Å². The molecule has 7 heteroatoms. The van der Waals surface area contributed by atoms with Gasteiger partial charge >= 0.3 is 0 Å². The molecule has 2 fully saturated rings. The van der Waals surface area contributed by atoms with Gasteiger partial charge < -0.3 is 15.3 Å². The molecule has 1 aliphatic heterocycles. The molecule has 3 unspecified atom stereocenters. The third kappa shape index (κ3) is 3.19. The number of benzene rings is 1. The second-order valence-corrected chi connectivity index (χ2v) is 6.45. The van der Waals surface area contributed by atoms with E-state index in [1.54, 1.807) is 6.07 Å². The van der Waals surface area contributed by atoms with Crippen molar-refractivity contribution in [2.45, 2.75) is 37.8 Å². The Morgan fingerprint density at radius 3 is 2.78 bits per heavy atom. The van der Waals surface area contributed by atoms with Crippen LogP contribution in [0.2, 0.25) is 5.02 Å². The lowest BCUT2D eigenvalue weighted by atomic mass is 10.0. The molecule has 2 N–H and O–H groups in total. The van der Waals surface area contributed by atoms with E-state index in [9.17, 15) is 19.1 Å². The number of aliphatic hydroxyl groups excluding tert-OH is 1. The minimum atomic E-state index is -0.632. The molecule has 124 valence electrons. The van der Waals surface area contributed by atoms with Gasteiger partial charge in [-0.15, -0.1) is 0 Å². The van der Waals surface area contributed by atoms with Crippen molar-refractivity contribution < 1.29 is 19.1 Å². The molecule has 1 aromatic rings. The molecule has 0 radical (unpaired) electrons. The van der Waals surface area contributed by atoms with Gasteiger partial charge in [0.25, 0.3) is 0 Å². The average molecular weight is 341 g/mol. The van der Waals surface area contributed by atoms with Gasteiger partial charge in [0.05, 0.1) is 17.0 Å². The van der Waals surface area contributed by atoms with Gasteiger partial charge in [0.1, 0.15) is 11.9 Å². The third-order valence-electron chi connectivity index (χ3n) is 4.55. The second-order valence-electron chi connectivity index (χ2n) is 6.04. The Balaban J connectivity index is 1.66. The molecule has 1 aliphatic carbocycles. The molecule has 1 heterocycles. The van der Waals surface area contributed by atoms with Gasteiger partial charge in [-0.3, -0.25) is 9.59 Å². The number of amides is 2. The van der Waals surface area contributed by atoms with Crippen LogP contribution in [0, 0.1) is 11.7 Å². The van der Waals surface area contributed by atoms with Gasteiger partial charge in [0.15, 0.2) is 0 Å². The minimum absolute atomic E-state index is 0.000435. The van der Waals surface area contributed by atoms with Crippen molar-refractivity contribution in [3.05, 3.63) is 29.0 Å². The third-order valence-corrected chi connectivity index (χ3v) is 4.86. The van der Waals surface area contributed by atoms with E-state index in [0.29, 0.717) is 31.5 Å². The van der Waals surface area contributed by atoms with Crippen LogP contribution in [0.15, 0.2) is 18.2 Å². The lowest BCUT2D eigenvalue weighted by molar-refractivity contribution is -0.131. The standard InChI is InChI=1S/C16H18ClFN2O3/c17-11-5-4-9(8-12(11)18)20-7-6-13(16(20)23)19-15(22)10-2-1-3-14(10)21/h4-5,8,10,13-14,21H,1-3,6-7H2,(H,19,22). The molecular formula is C16H18ClFN2O3. The maximum atomic E-state index is 13.5. The first-order valence-corrected chi connectivity index (χ1v) is 8.10. The van der Waals surface area contributed by atoms with E-state index in [4.69, 9.17) is 11.6 Å². The van der Waals surface area contributed by atoms with Crippen LogP contribution in [-0.2, 0) is 9.59 Å². The molecule has 23 heavy (non-hydrogen) atoms. The molecule has 5 nitrogen and oxygen atoms in total. The number of hydrogen-bond acceptors (Lipinski definition) is 3. The predicted molar refractivity (Wildman–Crippen MR) is 83.7 cm³/mol. The number of anilines is 1. The average Bonchev–Trinajstić information content (AvgIpc) is 3.09. The fraction of sp³-hybridized carbons (Fsp3) is 0.500. The summed E-state index contributed by atoms with van der Waals surface area (Å²) in [5, 5.41) is 12.5. The van der Waals surface area contributed by atoms with Crippen LogP contribution in [0.3, 0.4) is 0 Å². The van der Waals surface area contributed by atoms with Gasteiger partial charge in [-0.1, -0.05) is 11.6 Å². The zero-order valence-electron chi connectivity index (χ0n) is 12.5. The van der Waals surface area contributed by atoms with E-state index in [1.165, 1.54) is 17.0 Å². The molecule has 0 bridgehead atoms. The number of aliphatic hydroxyl groups is 1. The molecule has 3 atom stereocenters. The van der Waals surface area contributed by atoms with Crippen molar-refractivity contribution >= 4 is 29.1 Å². The smallest absolute Gasteiger partial charge is 0.249 e. The number of carbonyl (C=O) groups excluding carboxylic acids is 2. The quantitative estimate of drug-likeness (QED) is 0.882. The summed E-state index contributed by atoms with van der Waals surface area (Å²) in [5.41, 5.74) is 0.426. The number of nitrogens with one attached hydrogen (secondary N) is 1. The molecule has 0 aromatic heterocycles. The molecule has 0 spiro atoms. The molecule has 1 saturated carbocycles. The van der Waals surface area contributed by atoms with Crippen LogP contribution in [0.25, 0.3) is 0 Å². The molecule has 3 rings (SSSR count). The van der Waals surface area contributed by atoms with Crippen LogP contribution in [0.5, 0.6) is 0 Å². The molecular weight excluding hydrogens is 323 g/mol. The highest BCUT2D eigenvalue weighted by molar-refractivity contribution is 6.30. The lowest BCUT2D eigenvalue weighted by Gasteiger charge is -2.19. The monoisotopic (exact) mass is 340 g/mol. The highest BCUT2D eigenvalue weighted by Crippen LogP contribution is 2.28. The van der Waals surface area contributed by atoms with E-state index in [1.807, 2.05) is 0 Å². The van der Waals surface area contributed by atoms with Crippen molar-refractivity contribution in [1.29, 1.82) is 0 Å². The number of rotatable bonds is 3. The van der Waals surface area contributed by atoms with Crippen molar-refractivity contribution in [3.63, 3.8) is 0 Å². The summed E-state index contributed by atoms with van der Waals surface area (Å²) in [4.78, 5) is 26.0. The summed E-state index contributed by atoms with van der Waals surface area (Å²) in [7, 11) is 0. The Morgan fingerprint density at radius 2 is 2.13 bits per heavy atom. The maximum Gasteiger partial charge on any atom is 0.249 e. The highest BCUT2D eigenvalue weighted by atomic mass is 35.5. The number of carbonyl (C=O) groups is 2. The van der Waals surface area contributed by atoms with Gasteiger partial charge in [0.2, 0.25) is 11.8 Å². The van der Waals surface area contributed by atoms with E-state index in [0.717, 1.165) is 6.42 Å². The van der Waals surface area contributed by atoms with Crippen LogP contribution in [0.1, 0.15) is 25.7 Å². The van der Waals surface area contributed by atoms with E-state index in [-0.39, 0.29) is 16.8 Å². The van der Waals surface area contributed by atoms with Gasteiger partial charge in [-0.25, -0.2) is 4.39 Å². The summed E-state index contributed by atoms with van der Waals surface area (Å²) < 4.78 is 13.5. The summed E-state index contributed by atoms with van der Waals surface area (Å²) in [6.45, 7) is 0.401. The van der Waals surface area contributed by atoms with Gasteiger partial charge in [-0.2, -0.15) is 0 Å². The Bertz CT molecular complexity index is 640. The Labute approximate surface area is 138 Å². The van der Waals surface area contributed by atoms with Gasteiger partial charge in [-0.05, 0) is 43.9 Å². The van der Waals surface area contributed by atoms with Crippen LogP contribution < -0.4 is 10.2 Å². The first-order chi connectivity index (χ1) is 11.0. The van der Waals surface area contributed by atoms with E-state index in [2.05, 4.69) is 5.32 Å². The normalized spacial score (nSPS) is 27.5. The molecule has 2 amide bonds.